The number of benzene rings is 2. The zero-order valence-electron chi connectivity index (χ0n) is 18.8. The second-order valence-electron chi connectivity index (χ2n) is 8.15. The fraction of sp³-hybridized carbons (Fsp3) is 0.360. The van der Waals surface area contributed by atoms with Crippen LogP contribution in [0.25, 0.3) is 0 Å². The second-order valence-corrected chi connectivity index (χ2v) is 8.15. The van der Waals surface area contributed by atoms with Crippen molar-refractivity contribution in [2.24, 2.45) is 4.99 Å². The van der Waals surface area contributed by atoms with Gasteiger partial charge in [-0.3, -0.25) is 4.99 Å². The molecule has 1 saturated heterocycles. The molecular formula is C25H32N6. The third-order valence-electron chi connectivity index (χ3n) is 6.11. The van der Waals surface area contributed by atoms with E-state index in [1.807, 2.05) is 25.8 Å². The molecule has 3 aromatic rings. The van der Waals surface area contributed by atoms with E-state index in [1.54, 1.807) is 0 Å². The molecule has 1 aromatic heterocycles. The van der Waals surface area contributed by atoms with Crippen LogP contribution in [0, 0.1) is 13.8 Å². The number of nitrogens with one attached hydrogen (secondary N) is 1. The van der Waals surface area contributed by atoms with Crippen molar-refractivity contribution in [1.29, 1.82) is 0 Å². The van der Waals surface area contributed by atoms with Gasteiger partial charge in [-0.25, -0.2) is 4.98 Å². The van der Waals surface area contributed by atoms with Crippen molar-refractivity contribution in [3.63, 3.8) is 0 Å². The van der Waals surface area contributed by atoms with Crippen LogP contribution in [0.3, 0.4) is 0 Å². The summed E-state index contributed by atoms with van der Waals surface area (Å²) < 4.78 is 2.08. The van der Waals surface area contributed by atoms with Gasteiger partial charge in [-0.2, -0.15) is 0 Å². The lowest BCUT2D eigenvalue weighted by atomic mass is 10.1. The van der Waals surface area contributed by atoms with Gasteiger partial charge in [0.1, 0.15) is 0 Å². The Hall–Kier alpha value is -3.28. The highest BCUT2D eigenvalue weighted by Gasteiger charge is 2.21. The summed E-state index contributed by atoms with van der Waals surface area (Å²) in [6.45, 7) is 9.98. The van der Waals surface area contributed by atoms with Gasteiger partial charge in [0.25, 0.3) is 0 Å². The summed E-state index contributed by atoms with van der Waals surface area (Å²) in [7, 11) is 1.87. The standard InChI is InChI=1S/C25H32N6/c1-20-5-4-6-24(21(20)2)30-13-15-31(16-14-30)25(26-3)28-17-22-7-9-23(10-8-22)18-29-12-11-27-19-29/h4-12,19H,13-18H2,1-3H3,(H,26,28). The maximum Gasteiger partial charge on any atom is 0.194 e. The molecule has 1 fully saturated rings. The summed E-state index contributed by atoms with van der Waals surface area (Å²) >= 11 is 0. The molecule has 31 heavy (non-hydrogen) atoms. The van der Waals surface area contributed by atoms with E-state index in [1.165, 1.54) is 27.9 Å². The van der Waals surface area contributed by atoms with Gasteiger partial charge >= 0.3 is 0 Å². The van der Waals surface area contributed by atoms with Crippen molar-refractivity contribution in [3.05, 3.63) is 83.4 Å². The fourth-order valence-electron chi connectivity index (χ4n) is 4.10. The van der Waals surface area contributed by atoms with E-state index in [0.717, 1.165) is 45.2 Å². The minimum Gasteiger partial charge on any atom is -0.368 e. The summed E-state index contributed by atoms with van der Waals surface area (Å²) in [5, 5.41) is 3.54. The highest BCUT2D eigenvalue weighted by molar-refractivity contribution is 5.80. The first kappa shape index (κ1) is 21.0. The molecule has 6 nitrogen and oxygen atoms in total. The maximum absolute atomic E-state index is 4.53. The number of hydrogen-bond acceptors (Lipinski definition) is 3. The number of rotatable bonds is 5. The van der Waals surface area contributed by atoms with E-state index in [9.17, 15) is 0 Å². The molecule has 0 amide bonds. The molecule has 2 heterocycles. The van der Waals surface area contributed by atoms with E-state index in [0.29, 0.717) is 0 Å². The highest BCUT2D eigenvalue weighted by Crippen LogP contribution is 2.23. The van der Waals surface area contributed by atoms with E-state index < -0.39 is 0 Å². The van der Waals surface area contributed by atoms with Crippen molar-refractivity contribution in [1.82, 2.24) is 19.8 Å². The van der Waals surface area contributed by atoms with Gasteiger partial charge in [0.2, 0.25) is 0 Å². The lowest BCUT2D eigenvalue weighted by Gasteiger charge is -2.38. The molecule has 1 N–H and O–H groups in total. The average Bonchev–Trinajstić information content (AvgIpc) is 3.31. The third-order valence-corrected chi connectivity index (χ3v) is 6.11. The monoisotopic (exact) mass is 416 g/mol. The van der Waals surface area contributed by atoms with Gasteiger partial charge in [0.05, 0.1) is 6.33 Å². The third kappa shape index (κ3) is 5.08. The largest absolute Gasteiger partial charge is 0.368 e. The van der Waals surface area contributed by atoms with Crippen LogP contribution >= 0.6 is 0 Å². The Morgan fingerprint density at radius 3 is 2.42 bits per heavy atom. The molecule has 1 aliphatic rings. The van der Waals surface area contributed by atoms with Gasteiger partial charge in [0.15, 0.2) is 5.96 Å². The summed E-state index contributed by atoms with van der Waals surface area (Å²) in [6, 6.07) is 15.3. The Bertz CT molecular complexity index is 999. The van der Waals surface area contributed by atoms with Gasteiger partial charge in [-0.1, -0.05) is 36.4 Å². The lowest BCUT2D eigenvalue weighted by molar-refractivity contribution is 0.372. The summed E-state index contributed by atoms with van der Waals surface area (Å²) in [5.41, 5.74) is 6.63. The smallest absolute Gasteiger partial charge is 0.194 e. The molecule has 0 spiro atoms. The maximum atomic E-state index is 4.53. The molecule has 0 aliphatic carbocycles. The Labute approximate surface area is 185 Å². The molecule has 1 aliphatic heterocycles. The number of anilines is 1. The number of aliphatic imine (C=N–C) groups is 1. The molecule has 2 aromatic carbocycles. The SMILES string of the molecule is CN=C(NCc1ccc(Cn2ccnc2)cc1)N1CCN(c2cccc(C)c2C)CC1. The first-order valence-electron chi connectivity index (χ1n) is 10.9. The number of nitrogens with zero attached hydrogens (tertiary/aromatic N) is 5. The van der Waals surface area contributed by atoms with Crippen LogP contribution in [0.15, 0.2) is 66.2 Å². The first-order chi connectivity index (χ1) is 15.1. The van der Waals surface area contributed by atoms with Gasteiger partial charge in [0, 0.05) is 64.4 Å². The Morgan fingerprint density at radius 1 is 1.00 bits per heavy atom. The van der Waals surface area contributed by atoms with Crippen LogP contribution in [-0.2, 0) is 13.1 Å². The second kappa shape index (κ2) is 9.69. The van der Waals surface area contributed by atoms with Crippen molar-refractivity contribution < 1.29 is 0 Å². The molecule has 0 saturated carbocycles. The Balaban J connectivity index is 1.29. The van der Waals surface area contributed by atoms with Crippen LogP contribution in [0.1, 0.15) is 22.3 Å². The molecule has 0 radical (unpaired) electrons. The van der Waals surface area contributed by atoms with Crippen LogP contribution < -0.4 is 10.2 Å². The van der Waals surface area contributed by atoms with E-state index in [2.05, 4.69) is 86.0 Å². The van der Waals surface area contributed by atoms with Gasteiger partial charge in [-0.15, -0.1) is 0 Å². The zero-order chi connectivity index (χ0) is 21.6. The minimum absolute atomic E-state index is 0.773. The van der Waals surface area contributed by atoms with E-state index in [4.69, 9.17) is 0 Å². The molecule has 6 heteroatoms. The predicted octanol–water partition coefficient (Wildman–Crippen LogP) is 3.45. The fourth-order valence-corrected chi connectivity index (χ4v) is 4.10. The van der Waals surface area contributed by atoms with E-state index >= 15 is 0 Å². The highest BCUT2D eigenvalue weighted by atomic mass is 15.3. The van der Waals surface area contributed by atoms with Crippen LogP contribution in [0.5, 0.6) is 0 Å². The van der Waals surface area contributed by atoms with E-state index in [-0.39, 0.29) is 0 Å². The molecule has 4 rings (SSSR count). The summed E-state index contributed by atoms with van der Waals surface area (Å²) in [6.07, 6.45) is 5.64. The number of aryl methyl sites for hydroxylation is 1. The summed E-state index contributed by atoms with van der Waals surface area (Å²) in [4.78, 5) is 13.5. The number of piperazine rings is 1. The first-order valence-corrected chi connectivity index (χ1v) is 10.9. The van der Waals surface area contributed by atoms with Crippen LogP contribution in [0.4, 0.5) is 5.69 Å². The van der Waals surface area contributed by atoms with Gasteiger partial charge < -0.3 is 19.7 Å². The van der Waals surface area contributed by atoms with Crippen molar-refractivity contribution in [2.75, 3.05) is 38.1 Å². The minimum atomic E-state index is 0.773. The van der Waals surface area contributed by atoms with Crippen LogP contribution in [0.2, 0.25) is 0 Å². The molecule has 0 bridgehead atoms. The van der Waals surface area contributed by atoms with Gasteiger partial charge in [-0.05, 0) is 42.2 Å². The molecule has 0 unspecified atom stereocenters. The number of imidazole rings is 1. The van der Waals surface area contributed by atoms with Crippen molar-refractivity contribution >= 4 is 11.6 Å². The number of aromatic nitrogens is 2. The van der Waals surface area contributed by atoms with Crippen molar-refractivity contribution in [3.8, 4) is 0 Å². The Kier molecular flexibility index (Phi) is 6.55. The molecular weight excluding hydrogens is 384 g/mol. The summed E-state index contributed by atoms with van der Waals surface area (Å²) in [5.74, 6) is 0.975. The normalized spacial score (nSPS) is 14.7. The number of hydrogen-bond donors (Lipinski definition) is 1. The van der Waals surface area contributed by atoms with Crippen LogP contribution in [-0.4, -0.2) is 53.6 Å². The number of guanidine groups is 1. The molecule has 0 atom stereocenters. The zero-order valence-corrected chi connectivity index (χ0v) is 18.8. The topological polar surface area (TPSA) is 48.7 Å². The average molecular weight is 417 g/mol. The predicted molar refractivity (Wildman–Crippen MR) is 128 cm³/mol. The Morgan fingerprint density at radius 2 is 1.74 bits per heavy atom. The molecule has 162 valence electrons. The quantitative estimate of drug-likeness (QED) is 0.511. The lowest BCUT2D eigenvalue weighted by Crippen LogP contribution is -2.52. The van der Waals surface area contributed by atoms with Crippen molar-refractivity contribution in [2.45, 2.75) is 26.9 Å².